The summed E-state index contributed by atoms with van der Waals surface area (Å²) in [6, 6.07) is 16.6. The van der Waals surface area contributed by atoms with Crippen LogP contribution in [0.15, 0.2) is 69.8 Å². The molecule has 0 radical (unpaired) electrons. The quantitative estimate of drug-likeness (QED) is 0.203. The van der Waals surface area contributed by atoms with Gasteiger partial charge in [-0.3, -0.25) is 10.2 Å². The van der Waals surface area contributed by atoms with Crippen LogP contribution >= 0.6 is 22.9 Å². The SMILES string of the molecule is CN(Cc1ccco1)C(=N)c1ccc(-c2cc(CCC(=O)c3ccc(Cl)s3)on2)cc1. The number of benzene rings is 1. The molecule has 0 saturated heterocycles. The molecule has 1 aromatic carbocycles. The largest absolute Gasteiger partial charge is 0.467 e. The Bertz CT molecular complexity index is 1180. The predicted octanol–water partition coefficient (Wildman–Crippen LogP) is 5.92. The van der Waals surface area contributed by atoms with E-state index in [0.717, 1.165) is 16.9 Å². The Morgan fingerprint density at radius 3 is 2.65 bits per heavy atom. The van der Waals surface area contributed by atoms with E-state index in [4.69, 9.17) is 26.0 Å². The zero-order valence-corrected chi connectivity index (χ0v) is 18.4. The Labute approximate surface area is 188 Å². The van der Waals surface area contributed by atoms with Crippen LogP contribution in [0.2, 0.25) is 4.34 Å². The second-order valence-corrected chi connectivity index (χ2v) is 8.78. The number of carbonyl (C=O) groups is 1. The summed E-state index contributed by atoms with van der Waals surface area (Å²) in [6.45, 7) is 0.524. The summed E-state index contributed by atoms with van der Waals surface area (Å²) in [5, 5.41) is 12.5. The first-order valence-corrected chi connectivity index (χ1v) is 10.9. The van der Waals surface area contributed by atoms with Gasteiger partial charge < -0.3 is 13.8 Å². The van der Waals surface area contributed by atoms with Crippen LogP contribution in [0.4, 0.5) is 0 Å². The number of thiophene rings is 1. The minimum atomic E-state index is 0.0383. The molecule has 4 aromatic rings. The van der Waals surface area contributed by atoms with Gasteiger partial charge in [-0.15, -0.1) is 11.3 Å². The standard InChI is InChI=1S/C23H20ClN3O3S/c1-27(14-18-3-2-12-29-18)23(25)16-6-4-15(5-7-16)19-13-17(30-26-19)8-9-20(28)21-10-11-22(24)31-21/h2-7,10-13,25H,8-9,14H2,1H3. The minimum absolute atomic E-state index is 0.0383. The van der Waals surface area contributed by atoms with Crippen LogP contribution in [0.1, 0.15) is 33.2 Å². The normalized spacial score (nSPS) is 10.9. The maximum atomic E-state index is 12.2. The number of hydrogen-bond donors (Lipinski definition) is 1. The van der Waals surface area contributed by atoms with Gasteiger partial charge in [-0.25, -0.2) is 0 Å². The fourth-order valence-electron chi connectivity index (χ4n) is 3.13. The van der Waals surface area contributed by atoms with Gasteiger partial charge >= 0.3 is 0 Å². The number of nitrogens with zero attached hydrogens (tertiary/aromatic N) is 2. The van der Waals surface area contributed by atoms with Crippen molar-refractivity contribution in [3.8, 4) is 11.3 Å². The average Bonchev–Trinajstić information content (AvgIpc) is 3.54. The molecule has 4 rings (SSSR count). The molecule has 31 heavy (non-hydrogen) atoms. The lowest BCUT2D eigenvalue weighted by atomic mass is 10.1. The lowest BCUT2D eigenvalue weighted by molar-refractivity contribution is 0.0984. The third-order valence-electron chi connectivity index (χ3n) is 4.81. The number of halogens is 1. The highest BCUT2D eigenvalue weighted by Gasteiger charge is 2.13. The van der Waals surface area contributed by atoms with Gasteiger partial charge in [0.25, 0.3) is 0 Å². The van der Waals surface area contributed by atoms with Crippen molar-refractivity contribution in [2.24, 2.45) is 0 Å². The van der Waals surface area contributed by atoms with Gasteiger partial charge in [0.1, 0.15) is 23.1 Å². The van der Waals surface area contributed by atoms with Crippen molar-refractivity contribution in [3.63, 3.8) is 0 Å². The highest BCUT2D eigenvalue weighted by molar-refractivity contribution is 7.18. The zero-order valence-electron chi connectivity index (χ0n) is 16.8. The molecule has 0 aliphatic rings. The van der Waals surface area contributed by atoms with Crippen LogP contribution in [0, 0.1) is 5.41 Å². The summed E-state index contributed by atoms with van der Waals surface area (Å²) in [5.74, 6) is 1.90. The van der Waals surface area contributed by atoms with Crippen LogP contribution in [-0.2, 0) is 13.0 Å². The second kappa shape index (κ2) is 9.32. The molecule has 1 N–H and O–H groups in total. The Balaban J connectivity index is 1.36. The number of Topliss-reactive ketones (excluding diaryl/α,β-unsaturated/α-hetero) is 1. The monoisotopic (exact) mass is 453 g/mol. The van der Waals surface area contributed by atoms with E-state index in [1.807, 2.05) is 54.4 Å². The first kappa shape index (κ1) is 21.1. The zero-order chi connectivity index (χ0) is 21.8. The van der Waals surface area contributed by atoms with Crippen LogP contribution in [-0.4, -0.2) is 28.7 Å². The Kier molecular flexibility index (Phi) is 6.34. The highest BCUT2D eigenvalue weighted by atomic mass is 35.5. The van der Waals surface area contributed by atoms with Crippen molar-refractivity contribution in [1.29, 1.82) is 5.41 Å². The van der Waals surface area contributed by atoms with Crippen molar-refractivity contribution in [3.05, 3.63) is 87.2 Å². The van der Waals surface area contributed by atoms with Crippen LogP contribution < -0.4 is 0 Å². The van der Waals surface area contributed by atoms with E-state index in [1.54, 1.807) is 18.4 Å². The number of nitrogens with one attached hydrogen (secondary N) is 1. The molecule has 3 aromatic heterocycles. The number of hydrogen-bond acceptors (Lipinski definition) is 6. The number of aryl methyl sites for hydroxylation is 1. The van der Waals surface area contributed by atoms with Gasteiger partial charge in [0.2, 0.25) is 0 Å². The average molecular weight is 454 g/mol. The molecule has 0 aliphatic heterocycles. The van der Waals surface area contributed by atoms with E-state index in [0.29, 0.717) is 45.9 Å². The van der Waals surface area contributed by atoms with E-state index in [2.05, 4.69) is 5.16 Å². The van der Waals surface area contributed by atoms with Gasteiger partial charge in [0, 0.05) is 37.1 Å². The molecular formula is C23H20ClN3O3S. The van der Waals surface area contributed by atoms with Gasteiger partial charge in [0.15, 0.2) is 5.78 Å². The molecule has 3 heterocycles. The van der Waals surface area contributed by atoms with Gasteiger partial charge in [-0.1, -0.05) is 41.0 Å². The van der Waals surface area contributed by atoms with Gasteiger partial charge in [0.05, 0.1) is 22.0 Å². The number of furan rings is 1. The van der Waals surface area contributed by atoms with E-state index in [-0.39, 0.29) is 5.78 Å². The first-order chi connectivity index (χ1) is 15.0. The molecule has 0 unspecified atom stereocenters. The topological polar surface area (TPSA) is 83.3 Å². The summed E-state index contributed by atoms with van der Waals surface area (Å²) < 4.78 is 11.4. The molecule has 8 heteroatoms. The Morgan fingerprint density at radius 1 is 1.16 bits per heavy atom. The summed E-state index contributed by atoms with van der Waals surface area (Å²) in [7, 11) is 1.86. The Morgan fingerprint density at radius 2 is 1.97 bits per heavy atom. The van der Waals surface area contributed by atoms with E-state index >= 15 is 0 Å². The molecular weight excluding hydrogens is 434 g/mol. The third kappa shape index (κ3) is 5.13. The predicted molar refractivity (Wildman–Crippen MR) is 121 cm³/mol. The smallest absolute Gasteiger partial charge is 0.173 e. The maximum Gasteiger partial charge on any atom is 0.173 e. The fourth-order valence-corrected chi connectivity index (χ4v) is 4.14. The van der Waals surface area contributed by atoms with Crippen molar-refractivity contribution in [2.75, 3.05) is 7.05 Å². The van der Waals surface area contributed by atoms with Crippen molar-refractivity contribution in [2.45, 2.75) is 19.4 Å². The molecule has 0 bridgehead atoms. The first-order valence-electron chi connectivity index (χ1n) is 9.66. The lowest BCUT2D eigenvalue weighted by Gasteiger charge is -2.18. The molecule has 0 spiro atoms. The summed E-state index contributed by atoms with van der Waals surface area (Å²) in [4.78, 5) is 14.7. The van der Waals surface area contributed by atoms with E-state index < -0.39 is 0 Å². The lowest BCUT2D eigenvalue weighted by Crippen LogP contribution is -2.25. The van der Waals surface area contributed by atoms with Crippen molar-refractivity contribution >= 4 is 34.6 Å². The minimum Gasteiger partial charge on any atom is -0.467 e. The number of amidine groups is 1. The Hall–Kier alpha value is -3.16. The number of aromatic nitrogens is 1. The molecule has 0 aliphatic carbocycles. The number of rotatable bonds is 8. The van der Waals surface area contributed by atoms with Crippen LogP contribution in [0.5, 0.6) is 0 Å². The molecule has 0 amide bonds. The third-order valence-corrected chi connectivity index (χ3v) is 6.09. The summed E-state index contributed by atoms with van der Waals surface area (Å²) in [5.41, 5.74) is 2.38. The van der Waals surface area contributed by atoms with Crippen LogP contribution in [0.25, 0.3) is 11.3 Å². The van der Waals surface area contributed by atoms with E-state index in [1.165, 1.54) is 11.3 Å². The fraction of sp³-hybridized carbons (Fsp3) is 0.174. The summed E-state index contributed by atoms with van der Waals surface area (Å²) >= 11 is 7.17. The van der Waals surface area contributed by atoms with E-state index in [9.17, 15) is 4.79 Å². The van der Waals surface area contributed by atoms with Crippen LogP contribution in [0.3, 0.4) is 0 Å². The number of ketones is 1. The van der Waals surface area contributed by atoms with Crippen molar-refractivity contribution in [1.82, 2.24) is 10.1 Å². The van der Waals surface area contributed by atoms with Gasteiger partial charge in [-0.05, 0) is 24.3 Å². The van der Waals surface area contributed by atoms with Gasteiger partial charge in [-0.2, -0.15) is 0 Å². The molecule has 0 saturated carbocycles. The molecule has 0 atom stereocenters. The highest BCUT2D eigenvalue weighted by Crippen LogP contribution is 2.24. The molecule has 0 fully saturated rings. The molecule has 6 nitrogen and oxygen atoms in total. The van der Waals surface area contributed by atoms with Crippen molar-refractivity contribution < 1.29 is 13.7 Å². The summed E-state index contributed by atoms with van der Waals surface area (Å²) in [6.07, 6.45) is 2.44. The maximum absolute atomic E-state index is 12.2. The second-order valence-electron chi connectivity index (χ2n) is 7.07. The number of carbonyl (C=O) groups excluding carboxylic acids is 1. The molecule has 158 valence electrons.